The van der Waals surface area contributed by atoms with Gasteiger partial charge < -0.3 is 14.6 Å². The Hall–Kier alpha value is -1.72. The zero-order valence-electron chi connectivity index (χ0n) is 11.0. The van der Waals surface area contributed by atoms with Gasteiger partial charge in [0.15, 0.2) is 0 Å². The van der Waals surface area contributed by atoms with Crippen molar-refractivity contribution in [3.05, 3.63) is 53.9 Å². The van der Waals surface area contributed by atoms with Gasteiger partial charge in [-0.05, 0) is 23.3 Å². The normalized spacial score (nSPS) is 10.8. The first kappa shape index (κ1) is 13.7. The SMILES string of the molecule is COCCNCc1ccn(Cc2cncc(F)c2)c1. The summed E-state index contributed by atoms with van der Waals surface area (Å²) in [4.78, 5) is 3.84. The van der Waals surface area contributed by atoms with Crippen LogP contribution in [0.15, 0.2) is 36.9 Å². The Morgan fingerprint density at radius 3 is 3.05 bits per heavy atom. The highest BCUT2D eigenvalue weighted by Gasteiger charge is 2.00. The van der Waals surface area contributed by atoms with E-state index in [1.54, 1.807) is 13.3 Å². The third-order valence-electron chi connectivity index (χ3n) is 2.75. The van der Waals surface area contributed by atoms with Gasteiger partial charge in [0, 0.05) is 45.3 Å². The molecule has 0 unspecified atom stereocenters. The van der Waals surface area contributed by atoms with Crippen LogP contribution in [0.25, 0.3) is 0 Å². The smallest absolute Gasteiger partial charge is 0.141 e. The summed E-state index contributed by atoms with van der Waals surface area (Å²) in [6.45, 7) is 2.96. The van der Waals surface area contributed by atoms with Crippen molar-refractivity contribution >= 4 is 0 Å². The summed E-state index contributed by atoms with van der Waals surface area (Å²) in [5.74, 6) is -0.300. The second-order valence-corrected chi connectivity index (χ2v) is 4.37. The van der Waals surface area contributed by atoms with E-state index in [2.05, 4.69) is 10.3 Å². The lowest BCUT2D eigenvalue weighted by Gasteiger charge is -2.03. The topological polar surface area (TPSA) is 39.1 Å². The summed E-state index contributed by atoms with van der Waals surface area (Å²) >= 11 is 0. The van der Waals surface area contributed by atoms with E-state index < -0.39 is 0 Å². The van der Waals surface area contributed by atoms with Gasteiger partial charge in [-0.25, -0.2) is 4.39 Å². The summed E-state index contributed by atoms with van der Waals surface area (Å²) in [5.41, 5.74) is 2.05. The lowest BCUT2D eigenvalue weighted by molar-refractivity contribution is 0.199. The van der Waals surface area contributed by atoms with Gasteiger partial charge in [-0.3, -0.25) is 4.98 Å². The molecule has 0 amide bonds. The Bertz CT molecular complexity index is 513. The predicted molar refractivity (Wildman–Crippen MR) is 71.3 cm³/mol. The zero-order valence-corrected chi connectivity index (χ0v) is 11.0. The number of rotatable bonds is 7. The van der Waals surface area contributed by atoms with E-state index in [0.29, 0.717) is 13.2 Å². The average molecular weight is 263 g/mol. The molecule has 0 aliphatic carbocycles. The van der Waals surface area contributed by atoms with Crippen molar-refractivity contribution in [1.29, 1.82) is 0 Å². The van der Waals surface area contributed by atoms with Crippen molar-refractivity contribution in [2.24, 2.45) is 0 Å². The molecule has 2 aromatic heterocycles. The molecular formula is C14H18FN3O. The van der Waals surface area contributed by atoms with Gasteiger partial charge in [0.1, 0.15) is 5.82 Å². The molecule has 0 aromatic carbocycles. The quantitative estimate of drug-likeness (QED) is 0.774. The molecule has 0 aliphatic rings. The maximum Gasteiger partial charge on any atom is 0.141 e. The highest BCUT2D eigenvalue weighted by Crippen LogP contribution is 2.07. The van der Waals surface area contributed by atoms with Crippen LogP contribution in [0, 0.1) is 5.82 Å². The van der Waals surface area contributed by atoms with Gasteiger partial charge in [-0.1, -0.05) is 0 Å². The second kappa shape index (κ2) is 7.01. The van der Waals surface area contributed by atoms with Crippen molar-refractivity contribution in [2.75, 3.05) is 20.3 Å². The van der Waals surface area contributed by atoms with Crippen LogP contribution in [0.2, 0.25) is 0 Å². The average Bonchev–Trinajstić information content (AvgIpc) is 2.82. The van der Waals surface area contributed by atoms with E-state index >= 15 is 0 Å². The fourth-order valence-electron chi connectivity index (χ4n) is 1.85. The number of hydrogen-bond donors (Lipinski definition) is 1. The minimum absolute atomic E-state index is 0.300. The number of aromatic nitrogens is 2. The standard InChI is InChI=1S/C14H18FN3O/c1-19-5-3-16-7-12-2-4-18(10-12)11-13-6-14(15)9-17-8-13/h2,4,6,8-10,16H,3,5,7,11H2,1H3. The van der Waals surface area contributed by atoms with Crippen LogP contribution < -0.4 is 5.32 Å². The van der Waals surface area contributed by atoms with Gasteiger partial charge in [0.05, 0.1) is 12.8 Å². The van der Waals surface area contributed by atoms with Crippen LogP contribution in [-0.4, -0.2) is 29.8 Å². The number of hydrogen-bond acceptors (Lipinski definition) is 3. The molecule has 0 radical (unpaired) electrons. The van der Waals surface area contributed by atoms with Crippen LogP contribution >= 0.6 is 0 Å². The lowest BCUT2D eigenvalue weighted by Crippen LogP contribution is -2.18. The van der Waals surface area contributed by atoms with E-state index in [0.717, 1.165) is 18.7 Å². The van der Waals surface area contributed by atoms with E-state index in [9.17, 15) is 4.39 Å². The molecule has 1 N–H and O–H groups in total. The van der Waals surface area contributed by atoms with Crippen LogP contribution in [0.5, 0.6) is 0 Å². The maximum atomic E-state index is 13.0. The Kier molecular flexibility index (Phi) is 5.06. The Labute approximate surface area is 112 Å². The van der Waals surface area contributed by atoms with E-state index in [4.69, 9.17) is 4.74 Å². The van der Waals surface area contributed by atoms with Crippen LogP contribution in [-0.2, 0) is 17.8 Å². The minimum atomic E-state index is -0.300. The predicted octanol–water partition coefficient (Wildman–Crippen LogP) is 1.81. The highest BCUT2D eigenvalue weighted by atomic mass is 19.1. The zero-order chi connectivity index (χ0) is 13.5. The Balaban J connectivity index is 1.87. The minimum Gasteiger partial charge on any atom is -0.383 e. The molecule has 2 aromatic rings. The van der Waals surface area contributed by atoms with Gasteiger partial charge in [0.2, 0.25) is 0 Å². The number of pyridine rings is 1. The van der Waals surface area contributed by atoms with Crippen molar-refractivity contribution in [2.45, 2.75) is 13.1 Å². The van der Waals surface area contributed by atoms with E-state index in [1.807, 2.05) is 23.0 Å². The van der Waals surface area contributed by atoms with Crippen molar-refractivity contribution in [3.8, 4) is 0 Å². The monoisotopic (exact) mass is 263 g/mol. The number of halogens is 1. The molecule has 0 spiro atoms. The summed E-state index contributed by atoms with van der Waals surface area (Å²) in [6, 6.07) is 3.55. The van der Waals surface area contributed by atoms with Gasteiger partial charge in [-0.2, -0.15) is 0 Å². The van der Waals surface area contributed by atoms with Gasteiger partial charge in [0.25, 0.3) is 0 Å². The lowest BCUT2D eigenvalue weighted by atomic mass is 10.3. The van der Waals surface area contributed by atoms with E-state index in [1.165, 1.54) is 17.8 Å². The first-order valence-electron chi connectivity index (χ1n) is 6.21. The molecule has 0 aliphatic heterocycles. The molecule has 0 bridgehead atoms. The van der Waals surface area contributed by atoms with Crippen LogP contribution in [0.3, 0.4) is 0 Å². The Morgan fingerprint density at radius 2 is 2.26 bits per heavy atom. The summed E-state index contributed by atoms with van der Waals surface area (Å²) in [5, 5.41) is 3.28. The number of ether oxygens (including phenoxy) is 1. The van der Waals surface area contributed by atoms with Crippen molar-refractivity contribution in [1.82, 2.24) is 14.9 Å². The summed E-state index contributed by atoms with van der Waals surface area (Å²) < 4.78 is 20.0. The third kappa shape index (κ3) is 4.46. The van der Waals surface area contributed by atoms with Crippen LogP contribution in [0.4, 0.5) is 4.39 Å². The largest absolute Gasteiger partial charge is 0.383 e. The van der Waals surface area contributed by atoms with Gasteiger partial charge >= 0.3 is 0 Å². The molecule has 19 heavy (non-hydrogen) atoms. The number of methoxy groups -OCH3 is 1. The maximum absolute atomic E-state index is 13.0. The summed E-state index contributed by atoms with van der Waals surface area (Å²) in [6.07, 6.45) is 6.92. The number of nitrogens with zero attached hydrogens (tertiary/aromatic N) is 2. The molecule has 2 heterocycles. The third-order valence-corrected chi connectivity index (χ3v) is 2.75. The molecular weight excluding hydrogens is 245 g/mol. The van der Waals surface area contributed by atoms with Gasteiger partial charge in [-0.15, -0.1) is 0 Å². The fourth-order valence-corrected chi connectivity index (χ4v) is 1.85. The Morgan fingerprint density at radius 1 is 1.37 bits per heavy atom. The molecule has 0 fully saturated rings. The molecule has 0 saturated heterocycles. The van der Waals surface area contributed by atoms with Crippen molar-refractivity contribution < 1.29 is 9.13 Å². The van der Waals surface area contributed by atoms with Crippen molar-refractivity contribution in [3.63, 3.8) is 0 Å². The highest BCUT2D eigenvalue weighted by molar-refractivity contribution is 5.15. The fraction of sp³-hybridized carbons (Fsp3) is 0.357. The first-order valence-corrected chi connectivity index (χ1v) is 6.21. The van der Waals surface area contributed by atoms with Crippen LogP contribution in [0.1, 0.15) is 11.1 Å². The molecule has 102 valence electrons. The molecule has 0 saturated carbocycles. The molecule has 5 heteroatoms. The molecule has 4 nitrogen and oxygen atoms in total. The van der Waals surface area contributed by atoms with E-state index in [-0.39, 0.29) is 5.82 Å². The summed E-state index contributed by atoms with van der Waals surface area (Å²) in [7, 11) is 1.69. The molecule has 0 atom stereocenters. The number of nitrogens with one attached hydrogen (secondary N) is 1. The first-order chi connectivity index (χ1) is 9.28. The second-order valence-electron chi connectivity index (χ2n) is 4.37. The molecule has 2 rings (SSSR count).